The van der Waals surface area contributed by atoms with E-state index in [0.717, 1.165) is 50.8 Å². The van der Waals surface area contributed by atoms with Gasteiger partial charge in [0.15, 0.2) is 0 Å². The van der Waals surface area contributed by atoms with Crippen LogP contribution in [0.3, 0.4) is 0 Å². The van der Waals surface area contributed by atoms with Crippen LogP contribution in [0.15, 0.2) is 29.8 Å². The fourth-order valence-corrected chi connectivity index (χ4v) is 4.21. The number of carbonyl (C=O) groups excluding carboxylic acids is 2. The van der Waals surface area contributed by atoms with Crippen molar-refractivity contribution in [3.8, 4) is 0 Å². The second-order valence-electron chi connectivity index (χ2n) is 8.18. The number of anilines is 1. The van der Waals surface area contributed by atoms with Gasteiger partial charge in [0.05, 0.1) is 0 Å². The summed E-state index contributed by atoms with van der Waals surface area (Å²) in [6.45, 7) is 3.38. The molecule has 152 valence electrons. The fourth-order valence-electron chi connectivity index (χ4n) is 4.21. The van der Waals surface area contributed by atoms with Gasteiger partial charge < -0.3 is 10.2 Å². The molecule has 1 saturated heterocycles. The Kier molecular flexibility index (Phi) is 7.24. The highest BCUT2D eigenvalue weighted by molar-refractivity contribution is 5.91. The smallest absolute Gasteiger partial charge is 0.226 e. The highest BCUT2D eigenvalue weighted by Gasteiger charge is 2.24. The Morgan fingerprint density at radius 1 is 1.25 bits per heavy atom. The highest BCUT2D eigenvalue weighted by Crippen LogP contribution is 2.25. The third-order valence-corrected chi connectivity index (χ3v) is 5.88. The van der Waals surface area contributed by atoms with Gasteiger partial charge in [0.25, 0.3) is 0 Å². The van der Waals surface area contributed by atoms with Crippen molar-refractivity contribution in [2.75, 3.05) is 18.4 Å². The number of benzene rings is 1. The molecule has 1 heterocycles. The van der Waals surface area contributed by atoms with Gasteiger partial charge in [-0.15, -0.1) is 0 Å². The van der Waals surface area contributed by atoms with E-state index in [4.69, 9.17) is 0 Å². The monoisotopic (exact) mass is 386 g/mol. The predicted octanol–water partition coefficient (Wildman–Crippen LogP) is 4.98. The Bertz CT molecular complexity index is 744. The molecule has 1 atom stereocenters. The highest BCUT2D eigenvalue weighted by atomic mass is 19.1. The molecule has 0 radical (unpaired) electrons. The number of amides is 2. The lowest BCUT2D eigenvalue weighted by Crippen LogP contribution is -2.40. The molecule has 1 fully saturated rings. The van der Waals surface area contributed by atoms with Crippen LogP contribution < -0.4 is 5.32 Å². The molecule has 1 aromatic carbocycles. The third-order valence-electron chi connectivity index (χ3n) is 5.88. The van der Waals surface area contributed by atoms with Crippen molar-refractivity contribution >= 4 is 17.5 Å². The molecule has 0 saturated carbocycles. The molecule has 1 aromatic rings. The SMILES string of the molecule is Cc1cc(F)ccc1NC(=O)CC[C@@H]1CCCN(C(=O)CC2=CCCCC2)C1. The van der Waals surface area contributed by atoms with E-state index in [2.05, 4.69) is 11.4 Å². The van der Waals surface area contributed by atoms with Gasteiger partial charge in [-0.25, -0.2) is 4.39 Å². The topological polar surface area (TPSA) is 49.4 Å². The van der Waals surface area contributed by atoms with Gasteiger partial charge in [-0.3, -0.25) is 9.59 Å². The number of piperidine rings is 1. The number of allylic oxidation sites excluding steroid dienone is 1. The Hall–Kier alpha value is -2.17. The van der Waals surface area contributed by atoms with E-state index in [-0.39, 0.29) is 17.6 Å². The zero-order valence-electron chi connectivity index (χ0n) is 16.8. The van der Waals surface area contributed by atoms with E-state index in [1.165, 1.54) is 30.5 Å². The van der Waals surface area contributed by atoms with Crippen molar-refractivity contribution in [3.05, 3.63) is 41.2 Å². The molecular weight excluding hydrogens is 355 g/mol. The number of nitrogens with one attached hydrogen (secondary N) is 1. The average Bonchev–Trinajstić information content (AvgIpc) is 2.69. The van der Waals surface area contributed by atoms with E-state index in [0.29, 0.717) is 24.4 Å². The number of likely N-dealkylation sites (tertiary alicyclic amines) is 1. The lowest BCUT2D eigenvalue weighted by atomic mass is 9.92. The van der Waals surface area contributed by atoms with E-state index >= 15 is 0 Å². The Morgan fingerprint density at radius 3 is 2.86 bits per heavy atom. The second kappa shape index (κ2) is 9.85. The van der Waals surface area contributed by atoms with E-state index in [9.17, 15) is 14.0 Å². The van der Waals surface area contributed by atoms with Crippen LogP contribution in [0.1, 0.15) is 63.4 Å². The number of hydrogen-bond acceptors (Lipinski definition) is 2. The molecule has 5 heteroatoms. The minimum absolute atomic E-state index is 0.0504. The second-order valence-corrected chi connectivity index (χ2v) is 8.18. The largest absolute Gasteiger partial charge is 0.342 e. The molecule has 0 spiro atoms. The van der Waals surface area contributed by atoms with Crippen LogP contribution in [0.5, 0.6) is 0 Å². The van der Waals surface area contributed by atoms with E-state index in [1.807, 2.05) is 4.90 Å². The van der Waals surface area contributed by atoms with Crippen LogP contribution in [0.4, 0.5) is 10.1 Å². The van der Waals surface area contributed by atoms with Crippen LogP contribution in [-0.2, 0) is 9.59 Å². The summed E-state index contributed by atoms with van der Waals surface area (Å²) >= 11 is 0. The molecule has 1 N–H and O–H groups in total. The Morgan fingerprint density at radius 2 is 2.11 bits per heavy atom. The van der Waals surface area contributed by atoms with Crippen molar-refractivity contribution in [2.45, 2.75) is 64.7 Å². The van der Waals surface area contributed by atoms with Gasteiger partial charge >= 0.3 is 0 Å². The van der Waals surface area contributed by atoms with Gasteiger partial charge in [0, 0.05) is 31.6 Å². The zero-order chi connectivity index (χ0) is 19.9. The molecule has 1 aliphatic carbocycles. The maximum Gasteiger partial charge on any atom is 0.226 e. The number of hydrogen-bond donors (Lipinski definition) is 1. The molecule has 2 aliphatic rings. The summed E-state index contributed by atoms with van der Waals surface area (Å²) in [5.41, 5.74) is 2.68. The molecule has 2 amide bonds. The van der Waals surface area contributed by atoms with Gasteiger partial charge in [-0.05, 0) is 81.5 Å². The molecular formula is C23H31FN2O2. The quantitative estimate of drug-likeness (QED) is 0.701. The van der Waals surface area contributed by atoms with Crippen LogP contribution in [0.25, 0.3) is 0 Å². The molecule has 0 unspecified atom stereocenters. The lowest BCUT2D eigenvalue weighted by molar-refractivity contribution is -0.132. The molecule has 0 bridgehead atoms. The van der Waals surface area contributed by atoms with Gasteiger partial charge in [-0.1, -0.05) is 11.6 Å². The summed E-state index contributed by atoms with van der Waals surface area (Å²) in [6, 6.07) is 4.38. The van der Waals surface area contributed by atoms with Crippen molar-refractivity contribution in [1.82, 2.24) is 4.90 Å². The predicted molar refractivity (Wildman–Crippen MR) is 109 cm³/mol. The zero-order valence-corrected chi connectivity index (χ0v) is 16.8. The van der Waals surface area contributed by atoms with Gasteiger partial charge in [0.1, 0.15) is 5.82 Å². The Labute approximate surface area is 167 Å². The van der Waals surface area contributed by atoms with E-state index < -0.39 is 0 Å². The maximum atomic E-state index is 13.2. The number of carbonyl (C=O) groups is 2. The number of rotatable bonds is 6. The van der Waals surface area contributed by atoms with Crippen molar-refractivity contribution in [1.29, 1.82) is 0 Å². The normalized spacial score (nSPS) is 19.9. The third kappa shape index (κ3) is 5.91. The van der Waals surface area contributed by atoms with Crippen LogP contribution in [-0.4, -0.2) is 29.8 Å². The van der Waals surface area contributed by atoms with Crippen molar-refractivity contribution in [2.24, 2.45) is 5.92 Å². The lowest BCUT2D eigenvalue weighted by Gasteiger charge is -2.33. The summed E-state index contributed by atoms with van der Waals surface area (Å²) in [5.74, 6) is 0.263. The standard InChI is InChI=1S/C23H31FN2O2/c1-17-14-20(24)10-11-21(17)25-22(27)12-9-19-8-5-13-26(16-19)23(28)15-18-6-3-2-4-7-18/h6,10-11,14,19H,2-5,7-9,12-13,15-16H2,1H3,(H,25,27)/t19-/m0/s1. The molecule has 28 heavy (non-hydrogen) atoms. The number of aryl methyl sites for hydroxylation is 1. The number of halogens is 1. The average molecular weight is 387 g/mol. The van der Waals surface area contributed by atoms with Crippen LogP contribution in [0.2, 0.25) is 0 Å². The van der Waals surface area contributed by atoms with Crippen LogP contribution in [0, 0.1) is 18.7 Å². The first-order valence-electron chi connectivity index (χ1n) is 10.5. The summed E-state index contributed by atoms with van der Waals surface area (Å²) in [5, 5.41) is 2.87. The first-order chi connectivity index (χ1) is 13.5. The van der Waals surface area contributed by atoms with E-state index in [1.54, 1.807) is 13.0 Å². The molecule has 3 rings (SSSR count). The maximum absolute atomic E-state index is 13.2. The summed E-state index contributed by atoms with van der Waals surface area (Å²) in [7, 11) is 0. The minimum Gasteiger partial charge on any atom is -0.342 e. The fraction of sp³-hybridized carbons (Fsp3) is 0.565. The van der Waals surface area contributed by atoms with Gasteiger partial charge in [0.2, 0.25) is 11.8 Å². The molecule has 4 nitrogen and oxygen atoms in total. The first-order valence-corrected chi connectivity index (χ1v) is 10.5. The Balaban J connectivity index is 1.44. The number of nitrogens with zero attached hydrogens (tertiary/aromatic N) is 1. The van der Waals surface area contributed by atoms with Gasteiger partial charge in [-0.2, -0.15) is 0 Å². The van der Waals surface area contributed by atoms with Crippen molar-refractivity contribution < 1.29 is 14.0 Å². The summed E-state index contributed by atoms with van der Waals surface area (Å²) in [4.78, 5) is 26.9. The van der Waals surface area contributed by atoms with Crippen molar-refractivity contribution in [3.63, 3.8) is 0 Å². The molecule has 1 aliphatic heterocycles. The van der Waals surface area contributed by atoms with Crippen LogP contribution >= 0.6 is 0 Å². The first kappa shape index (κ1) is 20.6. The molecule has 0 aromatic heterocycles. The summed E-state index contributed by atoms with van der Waals surface area (Å²) < 4.78 is 13.2. The summed E-state index contributed by atoms with van der Waals surface area (Å²) in [6.07, 6.45) is 10.7. The minimum atomic E-state index is -0.300.